The fraction of sp³-hybridized carbons (Fsp3) is 0.923. The second-order valence-corrected chi connectivity index (χ2v) is 6.55. The molecule has 7 fully saturated rings. The summed E-state index contributed by atoms with van der Waals surface area (Å²) in [5.74, 6) is -0.245. The van der Waals surface area contributed by atoms with Gasteiger partial charge < -0.3 is 18.9 Å². The van der Waals surface area contributed by atoms with Gasteiger partial charge in [0.15, 0.2) is 23.6 Å². The maximum atomic E-state index is 12.0. The van der Waals surface area contributed by atoms with Gasteiger partial charge in [0.25, 0.3) is 0 Å². The van der Waals surface area contributed by atoms with Gasteiger partial charge in [-0.1, -0.05) is 0 Å². The Morgan fingerprint density at radius 2 is 1.89 bits per heavy atom. The highest BCUT2D eigenvalue weighted by Gasteiger charge is 2.90. The molecule has 0 aromatic rings. The summed E-state index contributed by atoms with van der Waals surface area (Å²) in [6.45, 7) is 0. The van der Waals surface area contributed by atoms with Gasteiger partial charge in [-0.3, -0.25) is 4.79 Å². The topological polar surface area (TPSA) is 60.6 Å². The van der Waals surface area contributed by atoms with Crippen molar-refractivity contribution in [3.8, 4) is 0 Å². The third-order valence-electron chi connectivity index (χ3n) is 5.81. The molecule has 2 spiro atoms. The molecule has 96 valence electrons. The van der Waals surface area contributed by atoms with E-state index in [0.717, 1.165) is 19.3 Å². The number of hydrogen-bond donors (Lipinski definition) is 0. The summed E-state index contributed by atoms with van der Waals surface area (Å²) in [7, 11) is 0. The van der Waals surface area contributed by atoms with Gasteiger partial charge in [-0.05, 0) is 25.7 Å². The lowest BCUT2D eigenvalue weighted by Gasteiger charge is -2.59. The summed E-state index contributed by atoms with van der Waals surface area (Å²) in [5, 5.41) is 0. The van der Waals surface area contributed by atoms with E-state index in [4.69, 9.17) is 18.9 Å². The SMILES string of the molecule is O=C1[C@H]2O[C@]23CC2[C@@H]4CCC[C@H]2OC3(O4)[C@H]2O[C@@H]12. The molecular weight excluding hydrogens is 236 g/mol. The van der Waals surface area contributed by atoms with Crippen LogP contribution >= 0.6 is 0 Å². The van der Waals surface area contributed by atoms with Crippen molar-refractivity contribution in [3.05, 3.63) is 0 Å². The molecule has 2 aliphatic carbocycles. The Balaban J connectivity index is 1.53. The molecule has 0 amide bonds. The zero-order chi connectivity index (χ0) is 11.7. The first-order chi connectivity index (χ1) is 8.75. The molecule has 5 aliphatic heterocycles. The quantitative estimate of drug-likeness (QED) is 0.573. The van der Waals surface area contributed by atoms with Crippen LogP contribution in [0.4, 0.5) is 0 Å². The number of carbonyl (C=O) groups is 1. The van der Waals surface area contributed by atoms with Gasteiger partial charge >= 0.3 is 0 Å². The Labute approximate surface area is 104 Å². The van der Waals surface area contributed by atoms with Gasteiger partial charge in [-0.15, -0.1) is 0 Å². The molecule has 0 N–H and O–H groups in total. The highest BCUT2D eigenvalue weighted by Crippen LogP contribution is 2.69. The summed E-state index contributed by atoms with van der Waals surface area (Å²) >= 11 is 0. The maximum Gasteiger partial charge on any atom is 0.231 e. The van der Waals surface area contributed by atoms with E-state index in [1.165, 1.54) is 6.42 Å². The van der Waals surface area contributed by atoms with Gasteiger partial charge in [-0.25, -0.2) is 0 Å². The lowest BCUT2D eigenvalue weighted by molar-refractivity contribution is -0.409. The summed E-state index contributed by atoms with van der Waals surface area (Å²) in [5.41, 5.74) is -0.503. The van der Waals surface area contributed by atoms with Crippen molar-refractivity contribution >= 4 is 5.78 Å². The molecule has 2 unspecified atom stereocenters. The van der Waals surface area contributed by atoms with E-state index in [0.29, 0.717) is 5.92 Å². The Morgan fingerprint density at radius 3 is 2.67 bits per heavy atom. The molecule has 0 radical (unpaired) electrons. The Kier molecular flexibility index (Phi) is 1.27. The van der Waals surface area contributed by atoms with Crippen LogP contribution in [0.15, 0.2) is 0 Å². The van der Waals surface area contributed by atoms with Crippen LogP contribution < -0.4 is 0 Å². The van der Waals surface area contributed by atoms with E-state index in [1.54, 1.807) is 0 Å². The Bertz CT molecular complexity index is 476. The van der Waals surface area contributed by atoms with Crippen LogP contribution in [0, 0.1) is 5.92 Å². The summed E-state index contributed by atoms with van der Waals surface area (Å²) in [6, 6.07) is 0. The number of ether oxygens (including phenoxy) is 4. The van der Waals surface area contributed by atoms with Crippen molar-refractivity contribution in [3.63, 3.8) is 0 Å². The summed E-state index contributed by atoms with van der Waals surface area (Å²) < 4.78 is 23.9. The van der Waals surface area contributed by atoms with Gasteiger partial charge in [0.2, 0.25) is 5.79 Å². The molecule has 5 heteroatoms. The number of fused-ring (bicyclic) bond motifs is 1. The Hall–Kier alpha value is -0.490. The molecule has 7 rings (SSSR count). The van der Waals surface area contributed by atoms with Gasteiger partial charge in [0.1, 0.15) is 6.10 Å². The minimum atomic E-state index is -0.763. The van der Waals surface area contributed by atoms with Gasteiger partial charge in [0.05, 0.1) is 12.2 Å². The number of hydrogen-bond acceptors (Lipinski definition) is 5. The third kappa shape index (κ3) is 0.738. The number of carbonyl (C=O) groups excluding carboxylic acids is 1. The lowest BCUT2D eigenvalue weighted by Crippen LogP contribution is -2.73. The van der Waals surface area contributed by atoms with Crippen molar-refractivity contribution in [2.24, 2.45) is 5.92 Å². The predicted octanol–water partition coefficient (Wildman–Crippen LogP) is 0.158. The van der Waals surface area contributed by atoms with Gasteiger partial charge in [-0.2, -0.15) is 0 Å². The average Bonchev–Trinajstić information content (AvgIpc) is 3.21. The highest BCUT2D eigenvalue weighted by molar-refractivity contribution is 5.96. The van der Waals surface area contributed by atoms with Crippen molar-refractivity contribution in [2.75, 3.05) is 0 Å². The lowest BCUT2D eigenvalue weighted by atomic mass is 9.66. The highest BCUT2D eigenvalue weighted by atomic mass is 16.8. The first-order valence-electron chi connectivity index (χ1n) is 6.98. The predicted molar refractivity (Wildman–Crippen MR) is 55.7 cm³/mol. The van der Waals surface area contributed by atoms with E-state index < -0.39 is 11.4 Å². The zero-order valence-corrected chi connectivity index (χ0v) is 9.83. The van der Waals surface area contributed by atoms with Crippen molar-refractivity contribution in [2.45, 2.75) is 67.6 Å². The molecule has 5 nitrogen and oxygen atoms in total. The summed E-state index contributed by atoms with van der Waals surface area (Å²) in [4.78, 5) is 12.0. The second kappa shape index (κ2) is 2.42. The molecule has 7 aliphatic rings. The number of ketones is 1. The van der Waals surface area contributed by atoms with E-state index in [1.807, 2.05) is 0 Å². The first-order valence-corrected chi connectivity index (χ1v) is 6.98. The molecule has 5 heterocycles. The monoisotopic (exact) mass is 250 g/mol. The minimum absolute atomic E-state index is 0.107. The second-order valence-electron chi connectivity index (χ2n) is 6.55. The molecule has 0 aromatic carbocycles. The van der Waals surface area contributed by atoms with Gasteiger partial charge in [0, 0.05) is 5.92 Å². The molecule has 2 saturated carbocycles. The normalized spacial score (nSPS) is 70.1. The summed E-state index contributed by atoms with van der Waals surface area (Å²) in [6.07, 6.45) is 4.01. The maximum absolute atomic E-state index is 12.0. The van der Waals surface area contributed by atoms with Crippen LogP contribution in [0.25, 0.3) is 0 Å². The van der Waals surface area contributed by atoms with E-state index in [2.05, 4.69) is 0 Å². The molecular formula is C13H14O5. The van der Waals surface area contributed by atoms with Crippen LogP contribution in [-0.4, -0.2) is 47.7 Å². The number of epoxide rings is 2. The third-order valence-corrected chi connectivity index (χ3v) is 5.81. The standard InChI is InChI=1S/C13H14O5/c14-8-9-11(15-9)13-12(10(8)18-12)4-5-6(16-13)2-1-3-7(5)17-13/h5-7,9-11H,1-4H2/t5?,6-,7+,9-,10+,11-,12+,13?/m0/s1. The van der Waals surface area contributed by atoms with E-state index in [-0.39, 0.29) is 36.3 Å². The van der Waals surface area contributed by atoms with Crippen molar-refractivity contribution in [1.29, 1.82) is 0 Å². The smallest absolute Gasteiger partial charge is 0.231 e. The Morgan fingerprint density at radius 1 is 1.11 bits per heavy atom. The fourth-order valence-electron chi connectivity index (χ4n) is 4.94. The van der Waals surface area contributed by atoms with E-state index >= 15 is 0 Å². The van der Waals surface area contributed by atoms with Crippen LogP contribution in [0.2, 0.25) is 0 Å². The molecule has 5 saturated heterocycles. The van der Waals surface area contributed by atoms with Crippen molar-refractivity contribution < 1.29 is 23.7 Å². The molecule has 8 atom stereocenters. The molecule has 4 bridgehead atoms. The number of rotatable bonds is 0. The average molecular weight is 250 g/mol. The number of Topliss-reactive ketones (excluding diaryl/α,β-unsaturated/α-hetero) is 1. The zero-order valence-electron chi connectivity index (χ0n) is 9.83. The fourth-order valence-corrected chi connectivity index (χ4v) is 4.94. The van der Waals surface area contributed by atoms with Crippen LogP contribution in [0.1, 0.15) is 25.7 Å². The minimum Gasteiger partial charge on any atom is -0.355 e. The van der Waals surface area contributed by atoms with Crippen LogP contribution in [0.5, 0.6) is 0 Å². The molecule has 0 aromatic heterocycles. The molecule has 18 heavy (non-hydrogen) atoms. The first kappa shape index (κ1) is 9.42. The van der Waals surface area contributed by atoms with E-state index in [9.17, 15) is 4.79 Å². The van der Waals surface area contributed by atoms with Crippen LogP contribution in [0.3, 0.4) is 0 Å². The largest absolute Gasteiger partial charge is 0.355 e. The van der Waals surface area contributed by atoms with Crippen LogP contribution in [-0.2, 0) is 23.7 Å². The van der Waals surface area contributed by atoms with Crippen molar-refractivity contribution in [1.82, 2.24) is 0 Å².